The number of unbranched alkanes of at least 4 members (excludes halogenated alkanes) is 41. The van der Waals surface area contributed by atoms with Crippen LogP contribution < -0.4 is 0 Å². The summed E-state index contributed by atoms with van der Waals surface area (Å²) in [4.78, 5) is 37.8. The molecule has 0 amide bonds. The number of allylic oxidation sites excluding steroid dienone is 2. The van der Waals surface area contributed by atoms with Gasteiger partial charge in [-0.15, -0.1) is 0 Å². The maximum Gasteiger partial charge on any atom is 0.306 e. The van der Waals surface area contributed by atoms with E-state index in [9.17, 15) is 14.4 Å². The van der Waals surface area contributed by atoms with Gasteiger partial charge in [0.05, 0.1) is 0 Å². The van der Waals surface area contributed by atoms with Crippen LogP contribution in [-0.4, -0.2) is 37.2 Å². The highest BCUT2D eigenvalue weighted by Crippen LogP contribution is 2.17. The molecule has 0 saturated heterocycles. The Labute approximate surface area is 405 Å². The maximum absolute atomic E-state index is 12.8. The standard InChI is InChI=1S/C59H112O6/c1-4-7-10-13-15-17-19-21-23-25-27-28-29-30-32-33-35-37-39-41-43-46-49-52-58(61)64-55-56(54-63-57(60)51-48-45-12-9-6-3)65-59(62)53-50-47-44-42-40-38-36-34-31-26-24-22-20-18-16-14-11-8-5-2/h22,24,56H,4-21,23,25-55H2,1-3H3/b24-22-. The molecule has 6 nitrogen and oxygen atoms in total. The molecule has 6 heteroatoms. The van der Waals surface area contributed by atoms with Crippen molar-refractivity contribution in [2.75, 3.05) is 13.2 Å². The Morgan fingerprint density at radius 2 is 0.508 bits per heavy atom. The third-order valence-corrected chi connectivity index (χ3v) is 13.3. The molecule has 0 aliphatic carbocycles. The zero-order valence-electron chi connectivity index (χ0n) is 44.0. The number of ether oxygens (including phenoxy) is 3. The monoisotopic (exact) mass is 917 g/mol. The van der Waals surface area contributed by atoms with Gasteiger partial charge in [-0.3, -0.25) is 14.4 Å². The number of hydrogen-bond donors (Lipinski definition) is 0. The number of carbonyl (C=O) groups is 3. The van der Waals surface area contributed by atoms with Crippen LogP contribution in [0.4, 0.5) is 0 Å². The van der Waals surface area contributed by atoms with Crippen molar-refractivity contribution in [2.45, 2.75) is 335 Å². The second-order valence-electron chi connectivity index (χ2n) is 19.9. The molecule has 0 aromatic carbocycles. The van der Waals surface area contributed by atoms with Crippen LogP contribution in [-0.2, 0) is 28.6 Å². The van der Waals surface area contributed by atoms with Crippen molar-refractivity contribution < 1.29 is 28.6 Å². The van der Waals surface area contributed by atoms with E-state index in [1.165, 1.54) is 225 Å². The van der Waals surface area contributed by atoms with Crippen LogP contribution in [0.3, 0.4) is 0 Å². The van der Waals surface area contributed by atoms with Gasteiger partial charge in [0, 0.05) is 19.3 Å². The van der Waals surface area contributed by atoms with Crippen molar-refractivity contribution in [3.63, 3.8) is 0 Å². The van der Waals surface area contributed by atoms with E-state index in [1.807, 2.05) is 0 Å². The molecule has 0 bridgehead atoms. The van der Waals surface area contributed by atoms with E-state index >= 15 is 0 Å². The smallest absolute Gasteiger partial charge is 0.306 e. The van der Waals surface area contributed by atoms with Gasteiger partial charge in [-0.2, -0.15) is 0 Å². The minimum Gasteiger partial charge on any atom is -0.462 e. The predicted molar refractivity (Wildman–Crippen MR) is 280 cm³/mol. The average molecular weight is 918 g/mol. The van der Waals surface area contributed by atoms with E-state index in [0.29, 0.717) is 19.3 Å². The van der Waals surface area contributed by atoms with E-state index < -0.39 is 6.10 Å². The number of rotatable bonds is 54. The third-order valence-electron chi connectivity index (χ3n) is 13.3. The maximum atomic E-state index is 12.8. The quantitative estimate of drug-likeness (QED) is 0.0262. The minimum absolute atomic E-state index is 0.0663. The summed E-state index contributed by atoms with van der Waals surface area (Å²) >= 11 is 0. The van der Waals surface area contributed by atoms with E-state index in [0.717, 1.165) is 64.2 Å². The van der Waals surface area contributed by atoms with Gasteiger partial charge in [0.1, 0.15) is 13.2 Å². The molecule has 0 N–H and O–H groups in total. The molecule has 1 unspecified atom stereocenters. The fraction of sp³-hybridized carbons (Fsp3) is 0.915. The molecule has 0 aromatic heterocycles. The lowest BCUT2D eigenvalue weighted by molar-refractivity contribution is -0.167. The normalized spacial score (nSPS) is 12.0. The topological polar surface area (TPSA) is 78.9 Å². The molecular weight excluding hydrogens is 805 g/mol. The van der Waals surface area contributed by atoms with Crippen LogP contribution >= 0.6 is 0 Å². The van der Waals surface area contributed by atoms with Gasteiger partial charge in [0.25, 0.3) is 0 Å². The third kappa shape index (κ3) is 53.0. The zero-order chi connectivity index (χ0) is 47.2. The van der Waals surface area contributed by atoms with Crippen LogP contribution in [0.5, 0.6) is 0 Å². The Balaban J connectivity index is 4.02. The summed E-state index contributed by atoms with van der Waals surface area (Å²) in [5.74, 6) is -0.862. The second kappa shape index (κ2) is 54.8. The Morgan fingerprint density at radius 3 is 0.769 bits per heavy atom. The lowest BCUT2D eigenvalue weighted by Crippen LogP contribution is -2.30. The van der Waals surface area contributed by atoms with E-state index in [1.54, 1.807) is 0 Å². The molecule has 384 valence electrons. The van der Waals surface area contributed by atoms with Gasteiger partial charge >= 0.3 is 17.9 Å². The molecular formula is C59H112O6. The minimum atomic E-state index is -0.763. The summed E-state index contributed by atoms with van der Waals surface area (Å²) < 4.78 is 16.7. The molecule has 0 aromatic rings. The van der Waals surface area contributed by atoms with Crippen LogP contribution in [0.1, 0.15) is 329 Å². The van der Waals surface area contributed by atoms with Gasteiger partial charge in [0.15, 0.2) is 6.10 Å². The van der Waals surface area contributed by atoms with Crippen LogP contribution in [0.15, 0.2) is 12.2 Å². The number of esters is 3. The molecule has 0 spiro atoms. The van der Waals surface area contributed by atoms with Gasteiger partial charge in [-0.1, -0.05) is 277 Å². The van der Waals surface area contributed by atoms with E-state index in [2.05, 4.69) is 32.9 Å². The molecule has 0 radical (unpaired) electrons. The number of hydrogen-bond acceptors (Lipinski definition) is 6. The van der Waals surface area contributed by atoms with Gasteiger partial charge in [0.2, 0.25) is 0 Å². The van der Waals surface area contributed by atoms with Crippen molar-refractivity contribution in [2.24, 2.45) is 0 Å². The lowest BCUT2D eigenvalue weighted by atomic mass is 10.0. The first kappa shape index (κ1) is 63.1. The SMILES string of the molecule is CCCCCCCC/C=C\CCCCCCCCCCCC(=O)OC(COC(=O)CCCCCCC)COC(=O)CCCCCCCCCCCCCCCCCCCCCCCCC. The van der Waals surface area contributed by atoms with Gasteiger partial charge in [-0.25, -0.2) is 0 Å². The lowest BCUT2D eigenvalue weighted by Gasteiger charge is -2.18. The fourth-order valence-corrected chi connectivity index (χ4v) is 8.85. The summed E-state index contributed by atoms with van der Waals surface area (Å²) in [5, 5.41) is 0. The van der Waals surface area contributed by atoms with Crippen LogP contribution in [0.2, 0.25) is 0 Å². The Hall–Kier alpha value is -1.85. The highest BCUT2D eigenvalue weighted by atomic mass is 16.6. The molecule has 1 atom stereocenters. The van der Waals surface area contributed by atoms with Crippen LogP contribution in [0, 0.1) is 0 Å². The van der Waals surface area contributed by atoms with Crippen molar-refractivity contribution in [3.8, 4) is 0 Å². The molecule has 0 rings (SSSR count). The molecule has 65 heavy (non-hydrogen) atoms. The van der Waals surface area contributed by atoms with Crippen molar-refractivity contribution in [1.29, 1.82) is 0 Å². The summed E-state index contributed by atoms with van der Waals surface area (Å²) in [5.41, 5.74) is 0. The van der Waals surface area contributed by atoms with Crippen molar-refractivity contribution >= 4 is 17.9 Å². The first-order valence-electron chi connectivity index (χ1n) is 29.2. The highest BCUT2D eigenvalue weighted by Gasteiger charge is 2.19. The van der Waals surface area contributed by atoms with Gasteiger partial charge in [-0.05, 0) is 44.9 Å². The summed E-state index contributed by atoms with van der Waals surface area (Å²) in [6, 6.07) is 0. The zero-order valence-corrected chi connectivity index (χ0v) is 44.0. The van der Waals surface area contributed by atoms with Crippen molar-refractivity contribution in [1.82, 2.24) is 0 Å². The predicted octanol–water partition coefficient (Wildman–Crippen LogP) is 19.3. The fourth-order valence-electron chi connectivity index (χ4n) is 8.85. The van der Waals surface area contributed by atoms with E-state index in [4.69, 9.17) is 14.2 Å². The highest BCUT2D eigenvalue weighted by molar-refractivity contribution is 5.71. The summed E-state index contributed by atoms with van der Waals surface area (Å²) in [6.07, 6.45) is 62.6. The molecule has 0 aliphatic rings. The summed E-state index contributed by atoms with van der Waals surface area (Å²) in [7, 11) is 0. The molecule has 0 aliphatic heterocycles. The van der Waals surface area contributed by atoms with Crippen LogP contribution in [0.25, 0.3) is 0 Å². The van der Waals surface area contributed by atoms with Gasteiger partial charge < -0.3 is 14.2 Å². The Kier molecular flexibility index (Phi) is 53.2. The molecule has 0 fully saturated rings. The van der Waals surface area contributed by atoms with E-state index in [-0.39, 0.29) is 31.1 Å². The first-order chi connectivity index (χ1) is 32.0. The second-order valence-corrected chi connectivity index (χ2v) is 19.9. The molecule has 0 saturated carbocycles. The largest absolute Gasteiger partial charge is 0.462 e. The number of carbonyl (C=O) groups excluding carboxylic acids is 3. The van der Waals surface area contributed by atoms with Crippen molar-refractivity contribution in [3.05, 3.63) is 12.2 Å². The average Bonchev–Trinajstić information content (AvgIpc) is 3.30. The molecule has 0 heterocycles. The first-order valence-corrected chi connectivity index (χ1v) is 29.2. The Morgan fingerprint density at radius 1 is 0.292 bits per heavy atom. The summed E-state index contributed by atoms with van der Waals surface area (Å²) in [6.45, 7) is 6.61. The Bertz CT molecular complexity index is 1010.